The topological polar surface area (TPSA) is 31.8 Å². The van der Waals surface area contributed by atoms with Crippen molar-refractivity contribution in [3.63, 3.8) is 0 Å². The van der Waals surface area contributed by atoms with E-state index in [4.69, 9.17) is 9.72 Å². The molecule has 0 amide bonds. The Labute approximate surface area is 312 Å². The molecule has 0 radical (unpaired) electrons. The lowest BCUT2D eigenvalue weighted by atomic mass is 9.72. The molecule has 0 saturated heterocycles. The van der Waals surface area contributed by atoms with Crippen LogP contribution in [0.3, 0.4) is 0 Å². The predicted octanol–water partition coefficient (Wildman–Crippen LogP) is 12.8. The minimum atomic E-state index is -0.356. The van der Waals surface area contributed by atoms with E-state index in [-0.39, 0.29) is 5.41 Å². The SMILES string of the molecule is Cc1cc(C)c(N2CN(c3cccc(Oc4cc(-c5ccccn5)cc5c4C(C)(C)c4ccccc4N5c4ccccc4)c3)c3ccccc32)c(C)c1. The smallest absolute Gasteiger partial charge is 0.134 e. The first-order chi connectivity index (χ1) is 25.8. The second-order valence-corrected chi connectivity index (χ2v) is 14.7. The van der Waals surface area contributed by atoms with Crippen molar-refractivity contribution >= 4 is 39.8 Å². The van der Waals surface area contributed by atoms with Crippen molar-refractivity contribution in [2.75, 3.05) is 21.4 Å². The fourth-order valence-corrected chi connectivity index (χ4v) is 8.55. The summed E-state index contributed by atoms with van der Waals surface area (Å²) in [5.41, 5.74) is 15.8. The first kappa shape index (κ1) is 32.6. The molecule has 6 aromatic carbocycles. The van der Waals surface area contributed by atoms with Crippen molar-refractivity contribution in [3.8, 4) is 22.8 Å². The van der Waals surface area contributed by atoms with Gasteiger partial charge in [0.2, 0.25) is 0 Å². The highest BCUT2D eigenvalue weighted by molar-refractivity contribution is 5.91. The number of benzene rings is 6. The van der Waals surface area contributed by atoms with Gasteiger partial charge < -0.3 is 19.4 Å². The summed E-state index contributed by atoms with van der Waals surface area (Å²) in [6, 6.07) is 51.6. The molecule has 0 atom stereocenters. The zero-order chi connectivity index (χ0) is 36.3. The summed E-state index contributed by atoms with van der Waals surface area (Å²) in [5.74, 6) is 1.59. The highest BCUT2D eigenvalue weighted by Crippen LogP contribution is 2.56. The lowest BCUT2D eigenvalue weighted by Crippen LogP contribution is -2.31. The molecule has 260 valence electrons. The van der Waals surface area contributed by atoms with Crippen LogP contribution >= 0.6 is 0 Å². The Kier molecular flexibility index (Phi) is 7.81. The van der Waals surface area contributed by atoms with Gasteiger partial charge in [-0.25, -0.2) is 0 Å². The Morgan fingerprint density at radius 2 is 1.25 bits per heavy atom. The van der Waals surface area contributed by atoms with Crippen LogP contribution in [0.2, 0.25) is 0 Å². The van der Waals surface area contributed by atoms with E-state index in [1.165, 1.54) is 45.0 Å². The third-order valence-electron chi connectivity index (χ3n) is 10.7. The van der Waals surface area contributed by atoms with Crippen molar-refractivity contribution in [1.82, 2.24) is 4.98 Å². The molecule has 0 aliphatic carbocycles. The zero-order valence-corrected chi connectivity index (χ0v) is 30.8. The lowest BCUT2D eigenvalue weighted by molar-refractivity contribution is 0.461. The molecule has 0 spiro atoms. The standard InChI is InChI=1S/C48H42N4O/c1-32-26-33(2)47(34(3)27-32)51-31-50(42-23-11-12-24-43(42)51)37-18-15-19-38(30-37)53-45-29-35(40-21-13-14-25-49-40)28-44-46(45)48(4,5)39-20-9-10-22-41(39)52(44)36-16-7-6-8-17-36/h6-30H,31H2,1-5H3. The number of aryl methyl sites for hydroxylation is 3. The summed E-state index contributed by atoms with van der Waals surface area (Å²) >= 11 is 0. The molecule has 2 aliphatic rings. The number of nitrogens with zero attached hydrogens (tertiary/aromatic N) is 4. The third kappa shape index (κ3) is 5.51. The van der Waals surface area contributed by atoms with Crippen molar-refractivity contribution in [1.29, 1.82) is 0 Å². The summed E-state index contributed by atoms with van der Waals surface area (Å²) < 4.78 is 7.13. The second-order valence-electron chi connectivity index (χ2n) is 14.7. The lowest BCUT2D eigenvalue weighted by Gasteiger charge is -2.43. The minimum Gasteiger partial charge on any atom is -0.457 e. The predicted molar refractivity (Wildman–Crippen MR) is 219 cm³/mol. The van der Waals surface area contributed by atoms with Crippen LogP contribution in [0.1, 0.15) is 41.7 Å². The van der Waals surface area contributed by atoms with Crippen molar-refractivity contribution in [3.05, 3.63) is 180 Å². The number of para-hydroxylation sites is 4. The average Bonchev–Trinajstić information content (AvgIpc) is 3.54. The highest BCUT2D eigenvalue weighted by Gasteiger charge is 2.40. The maximum Gasteiger partial charge on any atom is 0.134 e. The number of rotatable bonds is 6. The summed E-state index contributed by atoms with van der Waals surface area (Å²) in [7, 11) is 0. The maximum atomic E-state index is 7.13. The first-order valence-corrected chi connectivity index (χ1v) is 18.3. The fourth-order valence-electron chi connectivity index (χ4n) is 8.55. The van der Waals surface area contributed by atoms with Crippen molar-refractivity contribution in [2.45, 2.75) is 40.0 Å². The van der Waals surface area contributed by atoms with Crippen LogP contribution in [0.15, 0.2) is 152 Å². The maximum absolute atomic E-state index is 7.13. The zero-order valence-electron chi connectivity index (χ0n) is 30.8. The number of hydrogen-bond donors (Lipinski definition) is 0. The van der Waals surface area contributed by atoms with E-state index in [9.17, 15) is 0 Å². The van der Waals surface area contributed by atoms with E-state index >= 15 is 0 Å². The third-order valence-corrected chi connectivity index (χ3v) is 10.7. The van der Waals surface area contributed by atoms with E-state index in [1.54, 1.807) is 0 Å². The van der Waals surface area contributed by atoms with Gasteiger partial charge in [-0.15, -0.1) is 0 Å². The average molecular weight is 691 g/mol. The van der Waals surface area contributed by atoms with Gasteiger partial charge in [0.25, 0.3) is 0 Å². The molecule has 9 rings (SSSR count). The van der Waals surface area contributed by atoms with Crippen LogP contribution in [0.25, 0.3) is 11.3 Å². The summed E-state index contributed by atoms with van der Waals surface area (Å²) in [6.07, 6.45) is 1.85. The Balaban J connectivity index is 1.17. The van der Waals surface area contributed by atoms with E-state index in [1.807, 2.05) is 18.3 Å². The summed E-state index contributed by atoms with van der Waals surface area (Å²) in [6.45, 7) is 11.9. The van der Waals surface area contributed by atoms with Gasteiger partial charge in [-0.1, -0.05) is 92.2 Å². The Bertz CT molecular complexity index is 2470. The van der Waals surface area contributed by atoms with E-state index in [2.05, 4.69) is 183 Å². The van der Waals surface area contributed by atoms with Gasteiger partial charge in [0, 0.05) is 45.9 Å². The Morgan fingerprint density at radius 3 is 1.98 bits per heavy atom. The van der Waals surface area contributed by atoms with Gasteiger partial charge in [-0.05, 0) is 104 Å². The molecule has 5 nitrogen and oxygen atoms in total. The van der Waals surface area contributed by atoms with Gasteiger partial charge in [0.1, 0.15) is 18.2 Å². The Hall–Kier alpha value is -6.33. The van der Waals surface area contributed by atoms with Gasteiger partial charge >= 0.3 is 0 Å². The quantitative estimate of drug-likeness (QED) is 0.173. The van der Waals surface area contributed by atoms with Gasteiger partial charge in [0.15, 0.2) is 0 Å². The molecule has 53 heavy (non-hydrogen) atoms. The van der Waals surface area contributed by atoms with Crippen LogP contribution in [0, 0.1) is 20.8 Å². The van der Waals surface area contributed by atoms with Crippen LogP contribution in [0.5, 0.6) is 11.5 Å². The molecule has 0 fully saturated rings. The van der Waals surface area contributed by atoms with Crippen LogP contribution in [0.4, 0.5) is 39.8 Å². The van der Waals surface area contributed by atoms with Gasteiger partial charge in [-0.3, -0.25) is 4.98 Å². The van der Waals surface area contributed by atoms with Crippen LogP contribution < -0.4 is 19.4 Å². The van der Waals surface area contributed by atoms with E-state index in [0.29, 0.717) is 6.67 Å². The van der Waals surface area contributed by atoms with E-state index in [0.717, 1.165) is 45.4 Å². The molecule has 7 aromatic rings. The number of anilines is 7. The molecular weight excluding hydrogens is 649 g/mol. The number of aromatic nitrogens is 1. The molecular formula is C48H42N4O. The molecule has 3 heterocycles. The number of ether oxygens (including phenoxy) is 1. The molecule has 2 aliphatic heterocycles. The van der Waals surface area contributed by atoms with Crippen LogP contribution in [-0.4, -0.2) is 11.7 Å². The molecule has 1 aromatic heterocycles. The fraction of sp³-hybridized carbons (Fsp3) is 0.146. The van der Waals surface area contributed by atoms with Crippen molar-refractivity contribution < 1.29 is 4.74 Å². The molecule has 0 saturated carbocycles. The first-order valence-electron chi connectivity index (χ1n) is 18.3. The van der Waals surface area contributed by atoms with E-state index < -0.39 is 0 Å². The summed E-state index contributed by atoms with van der Waals surface area (Å²) in [5, 5.41) is 0. The summed E-state index contributed by atoms with van der Waals surface area (Å²) in [4.78, 5) is 12.0. The Morgan fingerprint density at radius 1 is 0.585 bits per heavy atom. The molecule has 0 N–H and O–H groups in total. The van der Waals surface area contributed by atoms with Crippen molar-refractivity contribution in [2.24, 2.45) is 0 Å². The number of fused-ring (bicyclic) bond motifs is 3. The second kappa shape index (κ2) is 12.7. The minimum absolute atomic E-state index is 0.356. The number of pyridine rings is 1. The molecule has 0 unspecified atom stereocenters. The normalized spacial score (nSPS) is 14.1. The van der Waals surface area contributed by atoms with Gasteiger partial charge in [0.05, 0.1) is 28.4 Å². The monoisotopic (exact) mass is 690 g/mol. The largest absolute Gasteiger partial charge is 0.457 e. The van der Waals surface area contributed by atoms with Crippen LogP contribution in [-0.2, 0) is 5.41 Å². The molecule has 0 bridgehead atoms. The molecule has 5 heteroatoms. The number of hydrogen-bond acceptors (Lipinski definition) is 5. The highest BCUT2D eigenvalue weighted by atomic mass is 16.5. The van der Waals surface area contributed by atoms with Gasteiger partial charge in [-0.2, -0.15) is 0 Å².